The maximum atomic E-state index is 12.9. The number of hydrogen-bond donors (Lipinski definition) is 0. The highest BCUT2D eigenvalue weighted by Gasteiger charge is 2.24. The van der Waals surface area contributed by atoms with Gasteiger partial charge in [0.05, 0.1) is 17.6 Å². The fourth-order valence-corrected chi connectivity index (χ4v) is 4.06. The Hall–Kier alpha value is -3.19. The Labute approximate surface area is 182 Å². The Morgan fingerprint density at radius 1 is 0.871 bits per heavy atom. The quantitative estimate of drug-likeness (QED) is 0.615. The van der Waals surface area contributed by atoms with Gasteiger partial charge in [0, 0.05) is 44.7 Å². The first-order valence-corrected chi connectivity index (χ1v) is 10.7. The molecule has 4 rings (SSSR count). The van der Waals surface area contributed by atoms with Crippen molar-refractivity contribution in [1.82, 2.24) is 24.3 Å². The largest absolute Gasteiger partial charge is 0.339 e. The normalized spacial score (nSPS) is 14.4. The molecule has 1 aliphatic rings. The first-order valence-electron chi connectivity index (χ1n) is 10.7. The second-order valence-electron chi connectivity index (χ2n) is 8.19. The van der Waals surface area contributed by atoms with Crippen molar-refractivity contribution in [2.24, 2.45) is 0 Å². The van der Waals surface area contributed by atoms with E-state index < -0.39 is 0 Å². The topological polar surface area (TPSA) is 61.7 Å². The van der Waals surface area contributed by atoms with E-state index in [4.69, 9.17) is 4.98 Å². The summed E-state index contributed by atoms with van der Waals surface area (Å²) in [5.74, 6) is 1.13. The van der Waals surface area contributed by atoms with Gasteiger partial charge in [-0.15, -0.1) is 0 Å². The summed E-state index contributed by atoms with van der Waals surface area (Å²) in [5, 5.41) is 0. The van der Waals surface area contributed by atoms with Crippen LogP contribution < -0.4 is 0 Å². The van der Waals surface area contributed by atoms with Crippen LogP contribution in [0, 0.1) is 0 Å². The Kier molecular flexibility index (Phi) is 6.32. The molecule has 0 saturated carbocycles. The van der Waals surface area contributed by atoms with Gasteiger partial charge in [-0.3, -0.25) is 14.2 Å². The summed E-state index contributed by atoms with van der Waals surface area (Å²) >= 11 is 0. The highest BCUT2D eigenvalue weighted by molar-refractivity contribution is 5.80. The number of aryl methyl sites for hydroxylation is 1. The molecular weight excluding hydrogens is 390 g/mol. The summed E-state index contributed by atoms with van der Waals surface area (Å²) in [6.45, 7) is 2.78. The average molecular weight is 420 g/mol. The number of carbonyl (C=O) groups excluding carboxylic acids is 2. The number of amides is 2. The van der Waals surface area contributed by atoms with Crippen LogP contribution in [0.2, 0.25) is 0 Å². The van der Waals surface area contributed by atoms with Crippen LogP contribution in [0.25, 0.3) is 16.7 Å². The zero-order valence-corrected chi connectivity index (χ0v) is 18.2. The van der Waals surface area contributed by atoms with Crippen LogP contribution in [0.4, 0.5) is 0 Å². The van der Waals surface area contributed by atoms with Crippen LogP contribution in [0.3, 0.4) is 0 Å². The van der Waals surface area contributed by atoms with Crippen molar-refractivity contribution in [3.05, 3.63) is 60.4 Å². The number of rotatable bonds is 6. The number of piperazine rings is 1. The summed E-state index contributed by atoms with van der Waals surface area (Å²) in [6.07, 6.45) is 0.976. The Morgan fingerprint density at radius 3 is 2.16 bits per heavy atom. The number of fused-ring (bicyclic) bond motifs is 1. The molecule has 0 atom stereocenters. The molecule has 0 bridgehead atoms. The zero-order valence-electron chi connectivity index (χ0n) is 18.2. The number of carbonyl (C=O) groups is 2. The maximum Gasteiger partial charge on any atom is 0.236 e. The first-order chi connectivity index (χ1) is 15.0. The van der Waals surface area contributed by atoms with Crippen molar-refractivity contribution in [2.45, 2.75) is 12.8 Å². The summed E-state index contributed by atoms with van der Waals surface area (Å²) in [6, 6.07) is 18.2. The molecule has 1 aliphatic heterocycles. The van der Waals surface area contributed by atoms with E-state index in [1.807, 2.05) is 65.2 Å². The average Bonchev–Trinajstić information content (AvgIpc) is 3.16. The zero-order chi connectivity index (χ0) is 21.8. The second kappa shape index (κ2) is 9.31. The van der Waals surface area contributed by atoms with Crippen molar-refractivity contribution < 1.29 is 9.59 Å². The lowest BCUT2D eigenvalue weighted by molar-refractivity contribution is -0.139. The van der Waals surface area contributed by atoms with E-state index in [9.17, 15) is 9.59 Å². The highest BCUT2D eigenvalue weighted by Crippen LogP contribution is 2.22. The lowest BCUT2D eigenvalue weighted by atomic mass is 10.2. The molecule has 0 aliphatic carbocycles. The molecule has 7 nitrogen and oxygen atoms in total. The Balaban J connectivity index is 1.42. The van der Waals surface area contributed by atoms with E-state index in [0.717, 1.165) is 22.5 Å². The second-order valence-corrected chi connectivity index (χ2v) is 8.19. The molecule has 1 saturated heterocycles. The number of imidazole rings is 1. The summed E-state index contributed by atoms with van der Waals surface area (Å²) < 4.78 is 2.14. The summed E-state index contributed by atoms with van der Waals surface area (Å²) in [5.41, 5.74) is 3.03. The fourth-order valence-electron chi connectivity index (χ4n) is 4.06. The molecule has 0 spiro atoms. The van der Waals surface area contributed by atoms with E-state index in [1.54, 1.807) is 0 Å². The number of nitrogens with zero attached hydrogens (tertiary/aromatic N) is 5. The van der Waals surface area contributed by atoms with Crippen LogP contribution in [0.5, 0.6) is 0 Å². The number of benzene rings is 2. The molecule has 1 aromatic heterocycles. The third-order valence-corrected chi connectivity index (χ3v) is 5.64. The van der Waals surface area contributed by atoms with Crippen molar-refractivity contribution in [2.75, 3.05) is 46.8 Å². The van der Waals surface area contributed by atoms with Crippen molar-refractivity contribution >= 4 is 22.8 Å². The molecule has 2 heterocycles. The van der Waals surface area contributed by atoms with Gasteiger partial charge in [0.2, 0.25) is 11.8 Å². The lowest BCUT2D eigenvalue weighted by Gasteiger charge is -2.35. The van der Waals surface area contributed by atoms with E-state index >= 15 is 0 Å². The van der Waals surface area contributed by atoms with Crippen LogP contribution in [-0.4, -0.2) is 82.9 Å². The third kappa shape index (κ3) is 4.77. The smallest absolute Gasteiger partial charge is 0.236 e. The predicted molar refractivity (Wildman–Crippen MR) is 121 cm³/mol. The highest BCUT2D eigenvalue weighted by atomic mass is 16.2. The Morgan fingerprint density at radius 2 is 1.48 bits per heavy atom. The molecule has 162 valence electrons. The van der Waals surface area contributed by atoms with E-state index in [0.29, 0.717) is 45.6 Å². The van der Waals surface area contributed by atoms with Gasteiger partial charge in [-0.2, -0.15) is 0 Å². The van der Waals surface area contributed by atoms with Gasteiger partial charge < -0.3 is 14.7 Å². The number of likely N-dealkylation sites (N-methyl/N-ethyl adjacent to an activating group) is 1. The summed E-state index contributed by atoms with van der Waals surface area (Å²) in [4.78, 5) is 35.5. The maximum absolute atomic E-state index is 12.9. The number of hydrogen-bond acceptors (Lipinski definition) is 4. The van der Waals surface area contributed by atoms with Gasteiger partial charge in [0.25, 0.3) is 0 Å². The van der Waals surface area contributed by atoms with Gasteiger partial charge in [0.15, 0.2) is 0 Å². The molecule has 7 heteroatoms. The molecule has 2 aromatic carbocycles. The predicted octanol–water partition coefficient (Wildman–Crippen LogP) is 2.19. The van der Waals surface area contributed by atoms with E-state index in [-0.39, 0.29) is 11.8 Å². The Bertz CT molecular complexity index is 1050. The standard InChI is InChI=1S/C24H29N5O2/c1-26(2)18-24(31)28-16-14-27(15-17-28)23(30)13-12-22-25-20-10-6-7-11-21(20)29(22)19-8-4-3-5-9-19/h3-11H,12-18H2,1-2H3. The van der Waals surface area contributed by atoms with Crippen LogP contribution >= 0.6 is 0 Å². The van der Waals surface area contributed by atoms with Gasteiger partial charge in [-0.05, 0) is 38.4 Å². The van der Waals surface area contributed by atoms with E-state index in [2.05, 4.69) is 22.8 Å². The minimum Gasteiger partial charge on any atom is -0.339 e. The lowest BCUT2D eigenvalue weighted by Crippen LogP contribution is -2.52. The number of aromatic nitrogens is 2. The van der Waals surface area contributed by atoms with Gasteiger partial charge in [0.1, 0.15) is 5.82 Å². The summed E-state index contributed by atoms with van der Waals surface area (Å²) in [7, 11) is 3.78. The van der Waals surface area contributed by atoms with Crippen LogP contribution in [0.15, 0.2) is 54.6 Å². The molecule has 0 unspecified atom stereocenters. The molecule has 2 amide bonds. The molecule has 31 heavy (non-hydrogen) atoms. The van der Waals surface area contributed by atoms with Gasteiger partial charge in [-0.1, -0.05) is 30.3 Å². The SMILES string of the molecule is CN(C)CC(=O)N1CCN(C(=O)CCc2nc3ccccc3n2-c2ccccc2)CC1. The third-order valence-electron chi connectivity index (χ3n) is 5.64. The fraction of sp³-hybridized carbons (Fsp3) is 0.375. The monoisotopic (exact) mass is 419 g/mol. The first kappa shape index (κ1) is 21.1. The van der Waals surface area contributed by atoms with Crippen molar-refractivity contribution in [1.29, 1.82) is 0 Å². The molecule has 3 aromatic rings. The van der Waals surface area contributed by atoms with Crippen molar-refractivity contribution in [3.63, 3.8) is 0 Å². The van der Waals surface area contributed by atoms with E-state index in [1.165, 1.54) is 0 Å². The molecular formula is C24H29N5O2. The van der Waals surface area contributed by atoms with Crippen LogP contribution in [0.1, 0.15) is 12.2 Å². The van der Waals surface area contributed by atoms with Crippen LogP contribution in [-0.2, 0) is 16.0 Å². The molecule has 0 radical (unpaired) electrons. The minimum absolute atomic E-state index is 0.117. The van der Waals surface area contributed by atoms with Gasteiger partial charge in [-0.25, -0.2) is 4.98 Å². The minimum atomic E-state index is 0.117. The molecule has 0 N–H and O–H groups in total. The van der Waals surface area contributed by atoms with Gasteiger partial charge >= 0.3 is 0 Å². The van der Waals surface area contributed by atoms with Crippen molar-refractivity contribution in [3.8, 4) is 5.69 Å². The molecule has 1 fully saturated rings. The number of para-hydroxylation sites is 3.